The summed E-state index contributed by atoms with van der Waals surface area (Å²) in [5, 5.41) is 26.8. The van der Waals surface area contributed by atoms with Crippen LogP contribution in [0, 0.1) is 0 Å². The number of thiophene rings is 1. The summed E-state index contributed by atoms with van der Waals surface area (Å²) in [5.41, 5.74) is 2.59. The molecule has 246 valence electrons. The van der Waals surface area contributed by atoms with Gasteiger partial charge in [-0.3, -0.25) is 9.69 Å². The van der Waals surface area contributed by atoms with Crippen LogP contribution in [0.2, 0.25) is 0 Å². The van der Waals surface area contributed by atoms with Crippen molar-refractivity contribution in [3.63, 3.8) is 0 Å². The summed E-state index contributed by atoms with van der Waals surface area (Å²) in [6, 6.07) is 18.4. The quantitative estimate of drug-likeness (QED) is 0.137. The van der Waals surface area contributed by atoms with Gasteiger partial charge in [0.05, 0.1) is 18.7 Å². The van der Waals surface area contributed by atoms with E-state index in [0.717, 1.165) is 25.0 Å². The van der Waals surface area contributed by atoms with E-state index in [1.807, 2.05) is 24.3 Å². The molecule has 8 nitrogen and oxygen atoms in total. The normalized spacial score (nSPS) is 14.3. The summed E-state index contributed by atoms with van der Waals surface area (Å²) in [5.74, 6) is -1.61. The van der Waals surface area contributed by atoms with Crippen LogP contribution in [0.4, 0.5) is 29.3 Å². The second kappa shape index (κ2) is 14.8. The van der Waals surface area contributed by atoms with Crippen LogP contribution in [0.5, 0.6) is 0 Å². The van der Waals surface area contributed by atoms with Crippen LogP contribution in [-0.2, 0) is 17.5 Å². The molecular formula is C35H34F3N3O5S. The van der Waals surface area contributed by atoms with Crippen LogP contribution in [-0.4, -0.2) is 40.8 Å². The lowest BCUT2D eigenvalue weighted by molar-refractivity contribution is -0.146. The number of aliphatic hydroxyl groups is 1. The number of alkyl halides is 3. The minimum absolute atomic E-state index is 0.00887. The van der Waals surface area contributed by atoms with E-state index in [0.29, 0.717) is 28.3 Å². The Morgan fingerprint density at radius 3 is 2.23 bits per heavy atom. The van der Waals surface area contributed by atoms with Crippen LogP contribution in [0.1, 0.15) is 65.1 Å². The van der Waals surface area contributed by atoms with Crippen LogP contribution < -0.4 is 15.5 Å². The van der Waals surface area contributed by atoms with Crippen LogP contribution in [0.25, 0.3) is 11.1 Å². The molecule has 0 aliphatic heterocycles. The van der Waals surface area contributed by atoms with Gasteiger partial charge >= 0.3 is 18.2 Å². The van der Waals surface area contributed by atoms with E-state index >= 15 is 0 Å². The maximum Gasteiger partial charge on any atom is 0.416 e. The van der Waals surface area contributed by atoms with Crippen molar-refractivity contribution in [3.05, 3.63) is 106 Å². The van der Waals surface area contributed by atoms with Gasteiger partial charge in [0, 0.05) is 16.9 Å². The van der Waals surface area contributed by atoms with Crippen molar-refractivity contribution in [1.29, 1.82) is 0 Å². The van der Waals surface area contributed by atoms with Crippen molar-refractivity contribution in [1.82, 2.24) is 5.32 Å². The number of urea groups is 1. The lowest BCUT2D eigenvalue weighted by Gasteiger charge is -2.26. The van der Waals surface area contributed by atoms with Gasteiger partial charge in [0.25, 0.3) is 5.91 Å². The van der Waals surface area contributed by atoms with Gasteiger partial charge in [-0.25, -0.2) is 9.59 Å². The summed E-state index contributed by atoms with van der Waals surface area (Å²) in [6.07, 6.45) is -0.620. The Kier molecular flexibility index (Phi) is 10.6. The predicted octanol–water partition coefficient (Wildman–Crippen LogP) is 7.90. The molecule has 1 aliphatic carbocycles. The summed E-state index contributed by atoms with van der Waals surface area (Å²) in [7, 11) is 0. The SMILES string of the molecule is O=C(NC[C@@H](O)C(=O)O)c1ccc(CN(C(=O)Nc2cc(-c3ccsc3)cc(C(F)(F)F)c2)c2ccc(C3CCCCC3)cc2)cc1. The predicted molar refractivity (Wildman–Crippen MR) is 175 cm³/mol. The molecule has 3 amide bonds. The standard InChI is InChI=1S/C35H34F3N3O5S/c36-35(37,38)28-16-27(26-14-15-47-21-26)17-29(18-28)40-34(46)41(30-12-10-24(11-13-30)23-4-2-1-3-5-23)20-22-6-8-25(9-7-22)32(43)39-19-31(42)33(44)45/h6-18,21,23,31,42H,1-5,19-20H2,(H,39,43)(H,40,46)(H,44,45)/t31-/m1/s1. The number of amides is 3. The van der Waals surface area contributed by atoms with Crippen molar-refractivity contribution in [2.24, 2.45) is 0 Å². The van der Waals surface area contributed by atoms with Crippen LogP contribution in [0.3, 0.4) is 0 Å². The molecule has 5 rings (SSSR count). The first-order valence-electron chi connectivity index (χ1n) is 15.2. The number of nitrogens with zero attached hydrogens (tertiary/aromatic N) is 1. The van der Waals surface area contributed by atoms with Crippen LogP contribution >= 0.6 is 11.3 Å². The average molecular weight is 666 g/mol. The van der Waals surface area contributed by atoms with Gasteiger partial charge in [-0.2, -0.15) is 24.5 Å². The Morgan fingerprint density at radius 2 is 1.62 bits per heavy atom. The number of carboxylic acids is 1. The molecule has 4 aromatic rings. The molecule has 0 spiro atoms. The van der Waals surface area contributed by atoms with Gasteiger partial charge in [0.15, 0.2) is 6.10 Å². The topological polar surface area (TPSA) is 119 Å². The highest BCUT2D eigenvalue weighted by molar-refractivity contribution is 7.08. The molecular weight excluding hydrogens is 631 g/mol. The highest BCUT2D eigenvalue weighted by Crippen LogP contribution is 2.36. The highest BCUT2D eigenvalue weighted by Gasteiger charge is 2.32. The number of hydrogen-bond donors (Lipinski definition) is 4. The molecule has 0 radical (unpaired) electrons. The fourth-order valence-corrected chi connectivity index (χ4v) is 6.28. The highest BCUT2D eigenvalue weighted by atomic mass is 32.1. The number of nitrogens with one attached hydrogen (secondary N) is 2. The first-order valence-corrected chi connectivity index (χ1v) is 16.1. The van der Waals surface area contributed by atoms with E-state index in [4.69, 9.17) is 5.11 Å². The monoisotopic (exact) mass is 665 g/mol. The minimum Gasteiger partial charge on any atom is -0.479 e. The zero-order chi connectivity index (χ0) is 33.6. The van der Waals surface area contributed by atoms with E-state index in [1.54, 1.807) is 29.0 Å². The third kappa shape index (κ3) is 8.78. The van der Waals surface area contributed by atoms with Crippen molar-refractivity contribution in [2.45, 2.75) is 56.8 Å². The summed E-state index contributed by atoms with van der Waals surface area (Å²) in [4.78, 5) is 38.5. The van der Waals surface area contributed by atoms with Gasteiger partial charge in [-0.15, -0.1) is 0 Å². The Bertz CT molecular complexity index is 1690. The molecule has 4 N–H and O–H groups in total. The first-order chi connectivity index (χ1) is 22.5. The largest absolute Gasteiger partial charge is 0.479 e. The second-order valence-electron chi connectivity index (χ2n) is 11.5. The number of hydrogen-bond acceptors (Lipinski definition) is 5. The third-order valence-corrected chi connectivity index (χ3v) is 8.87. The average Bonchev–Trinajstić information content (AvgIpc) is 3.61. The zero-order valence-corrected chi connectivity index (χ0v) is 26.1. The number of benzene rings is 3. The third-order valence-electron chi connectivity index (χ3n) is 8.19. The first kappa shape index (κ1) is 33.7. The smallest absolute Gasteiger partial charge is 0.416 e. The Labute approximate surface area is 273 Å². The number of rotatable bonds is 10. The summed E-state index contributed by atoms with van der Waals surface area (Å²) in [6.45, 7) is -0.436. The number of carbonyl (C=O) groups is 3. The summed E-state index contributed by atoms with van der Waals surface area (Å²) < 4.78 is 41.6. The van der Waals surface area contributed by atoms with Crippen molar-refractivity contribution >= 4 is 40.6 Å². The lowest BCUT2D eigenvalue weighted by atomic mass is 9.84. The molecule has 1 atom stereocenters. The van der Waals surface area contributed by atoms with E-state index in [9.17, 15) is 32.7 Å². The van der Waals surface area contributed by atoms with E-state index in [-0.39, 0.29) is 17.8 Å². The molecule has 1 aliphatic rings. The van der Waals surface area contributed by atoms with Gasteiger partial charge < -0.3 is 20.8 Å². The molecule has 0 bridgehead atoms. The maximum atomic E-state index is 13.9. The molecule has 12 heteroatoms. The molecule has 1 fully saturated rings. The number of aliphatic hydroxyl groups excluding tert-OH is 1. The molecule has 0 saturated heterocycles. The minimum atomic E-state index is -4.63. The van der Waals surface area contributed by atoms with Crippen molar-refractivity contribution in [3.8, 4) is 11.1 Å². The molecule has 1 aromatic heterocycles. The fraction of sp³-hybridized carbons (Fsp3) is 0.286. The lowest BCUT2D eigenvalue weighted by Crippen LogP contribution is -2.36. The van der Waals surface area contributed by atoms with Gasteiger partial charge in [0.1, 0.15) is 0 Å². The maximum absolute atomic E-state index is 13.9. The molecule has 0 unspecified atom stereocenters. The number of halogens is 3. The van der Waals surface area contributed by atoms with Gasteiger partial charge in [-0.1, -0.05) is 43.5 Å². The Hall–Kier alpha value is -4.68. The second-order valence-corrected chi connectivity index (χ2v) is 12.3. The fourth-order valence-electron chi connectivity index (χ4n) is 5.62. The van der Waals surface area contributed by atoms with Gasteiger partial charge in [-0.05, 0) is 100 Å². The molecule has 1 saturated carbocycles. The Morgan fingerprint density at radius 1 is 0.915 bits per heavy atom. The Balaban J connectivity index is 1.40. The zero-order valence-electron chi connectivity index (χ0n) is 25.3. The molecule has 1 heterocycles. The van der Waals surface area contributed by atoms with E-state index in [2.05, 4.69) is 10.6 Å². The number of carboxylic acid groups (broad SMARTS) is 1. The molecule has 3 aromatic carbocycles. The van der Waals surface area contributed by atoms with Gasteiger partial charge in [0.2, 0.25) is 0 Å². The number of anilines is 2. The van der Waals surface area contributed by atoms with E-state index < -0.39 is 42.3 Å². The van der Waals surface area contributed by atoms with Crippen LogP contribution in [0.15, 0.2) is 83.6 Å². The summed E-state index contributed by atoms with van der Waals surface area (Å²) >= 11 is 1.35. The van der Waals surface area contributed by atoms with Crippen molar-refractivity contribution < 1.29 is 37.8 Å². The number of carbonyl (C=O) groups excluding carboxylic acids is 2. The van der Waals surface area contributed by atoms with Crippen molar-refractivity contribution in [2.75, 3.05) is 16.8 Å². The molecule has 47 heavy (non-hydrogen) atoms. The number of aliphatic carboxylic acids is 1. The van der Waals surface area contributed by atoms with E-state index in [1.165, 1.54) is 59.3 Å².